The molecule has 1 saturated heterocycles. The Morgan fingerprint density at radius 3 is 2.90 bits per heavy atom. The highest BCUT2D eigenvalue weighted by atomic mass is 16.2. The van der Waals surface area contributed by atoms with Crippen LogP contribution in [0.25, 0.3) is 0 Å². The summed E-state index contributed by atoms with van der Waals surface area (Å²) >= 11 is 0. The van der Waals surface area contributed by atoms with Crippen LogP contribution in [0.4, 0.5) is 0 Å². The van der Waals surface area contributed by atoms with Crippen LogP contribution in [-0.2, 0) is 11.8 Å². The maximum Gasteiger partial charge on any atom is 0.294 e. The van der Waals surface area contributed by atoms with Gasteiger partial charge >= 0.3 is 0 Å². The molecule has 0 bridgehead atoms. The smallest absolute Gasteiger partial charge is 0.294 e. The van der Waals surface area contributed by atoms with E-state index in [4.69, 9.17) is 0 Å². The third-order valence-electron chi connectivity index (χ3n) is 3.30. The topological polar surface area (TPSA) is 80.1 Å². The van der Waals surface area contributed by atoms with Crippen molar-refractivity contribution in [2.24, 2.45) is 13.0 Å². The highest BCUT2D eigenvalue weighted by Crippen LogP contribution is 2.16. The Hall–Kier alpha value is -1.92. The Morgan fingerprint density at radius 2 is 2.30 bits per heavy atom. The minimum atomic E-state index is -0.436. The number of carbonyl (C=O) groups excluding carboxylic acids is 2. The Balaban J connectivity index is 2.24. The van der Waals surface area contributed by atoms with Gasteiger partial charge in [-0.25, -0.2) is 4.98 Å². The average molecular weight is 279 g/mol. The van der Waals surface area contributed by atoms with Crippen LogP contribution in [-0.4, -0.2) is 50.6 Å². The number of amides is 2. The largest absolute Gasteiger partial charge is 0.354 e. The van der Waals surface area contributed by atoms with Gasteiger partial charge < -0.3 is 10.2 Å². The minimum Gasteiger partial charge on any atom is -0.354 e. The molecule has 20 heavy (non-hydrogen) atoms. The van der Waals surface area contributed by atoms with Crippen LogP contribution in [0.15, 0.2) is 6.33 Å². The van der Waals surface area contributed by atoms with Crippen LogP contribution in [0.2, 0.25) is 0 Å². The molecule has 2 amide bonds. The Labute approximate surface area is 118 Å². The van der Waals surface area contributed by atoms with E-state index in [9.17, 15) is 9.59 Å². The number of aryl methyl sites for hydroxylation is 1. The fourth-order valence-electron chi connectivity index (χ4n) is 2.37. The van der Waals surface area contributed by atoms with Crippen molar-refractivity contribution in [3.8, 4) is 0 Å². The molecule has 110 valence electrons. The number of nitrogens with zero attached hydrogens (tertiary/aromatic N) is 4. The molecule has 1 aliphatic rings. The second-order valence-electron chi connectivity index (χ2n) is 5.53. The highest BCUT2D eigenvalue weighted by molar-refractivity contribution is 5.95. The Morgan fingerprint density at radius 1 is 1.55 bits per heavy atom. The van der Waals surface area contributed by atoms with Gasteiger partial charge in [0.1, 0.15) is 12.4 Å². The zero-order valence-corrected chi connectivity index (χ0v) is 12.2. The van der Waals surface area contributed by atoms with Crippen LogP contribution in [0.1, 0.15) is 37.3 Å². The molecule has 1 N–H and O–H groups in total. The maximum absolute atomic E-state index is 12.5. The summed E-state index contributed by atoms with van der Waals surface area (Å²) in [6.07, 6.45) is 2.88. The van der Waals surface area contributed by atoms with E-state index < -0.39 is 6.04 Å². The molecule has 2 heterocycles. The van der Waals surface area contributed by atoms with E-state index in [0.717, 1.165) is 6.42 Å². The lowest BCUT2D eigenvalue weighted by Gasteiger charge is -2.28. The van der Waals surface area contributed by atoms with Gasteiger partial charge in [-0.1, -0.05) is 13.8 Å². The summed E-state index contributed by atoms with van der Waals surface area (Å²) in [6.45, 7) is 5.24. The third kappa shape index (κ3) is 3.15. The molecular weight excluding hydrogens is 258 g/mol. The lowest BCUT2D eigenvalue weighted by atomic mass is 10.0. The molecule has 0 spiro atoms. The monoisotopic (exact) mass is 279 g/mol. The minimum absolute atomic E-state index is 0.0829. The van der Waals surface area contributed by atoms with Gasteiger partial charge in [-0.05, 0) is 18.8 Å². The molecule has 0 radical (unpaired) electrons. The molecule has 0 saturated carbocycles. The SMILES string of the molecule is CC(C)CC1C(=O)NCCCN1C(=O)c1ncn(C)n1. The maximum atomic E-state index is 12.5. The quantitative estimate of drug-likeness (QED) is 0.856. The second-order valence-corrected chi connectivity index (χ2v) is 5.53. The van der Waals surface area contributed by atoms with Gasteiger partial charge in [0.05, 0.1) is 0 Å². The molecule has 1 atom stereocenters. The van der Waals surface area contributed by atoms with Gasteiger partial charge in [0.25, 0.3) is 5.91 Å². The van der Waals surface area contributed by atoms with E-state index in [0.29, 0.717) is 25.4 Å². The highest BCUT2D eigenvalue weighted by Gasteiger charge is 2.33. The molecule has 1 aromatic rings. The number of hydrogen-bond acceptors (Lipinski definition) is 4. The van der Waals surface area contributed by atoms with Gasteiger partial charge in [-0.3, -0.25) is 14.3 Å². The van der Waals surface area contributed by atoms with Gasteiger partial charge in [-0.15, -0.1) is 5.10 Å². The summed E-state index contributed by atoms with van der Waals surface area (Å²) in [6, 6.07) is -0.436. The van der Waals surface area contributed by atoms with Gasteiger partial charge in [0, 0.05) is 20.1 Å². The van der Waals surface area contributed by atoms with E-state index in [1.165, 1.54) is 11.0 Å². The van der Waals surface area contributed by atoms with E-state index in [1.807, 2.05) is 13.8 Å². The number of hydrogen-bond donors (Lipinski definition) is 1. The van der Waals surface area contributed by atoms with E-state index in [1.54, 1.807) is 11.9 Å². The molecule has 7 nitrogen and oxygen atoms in total. The summed E-state index contributed by atoms with van der Waals surface area (Å²) in [5, 5.41) is 6.90. The average Bonchev–Trinajstić information content (AvgIpc) is 2.74. The second kappa shape index (κ2) is 6.02. The molecule has 0 aliphatic carbocycles. The van der Waals surface area contributed by atoms with Crippen LogP contribution in [0, 0.1) is 5.92 Å². The molecule has 1 fully saturated rings. The predicted molar refractivity (Wildman–Crippen MR) is 72.9 cm³/mol. The first-order chi connectivity index (χ1) is 9.49. The molecule has 7 heteroatoms. The first kappa shape index (κ1) is 14.5. The van der Waals surface area contributed by atoms with Gasteiger partial charge in [-0.2, -0.15) is 0 Å². The van der Waals surface area contributed by atoms with E-state index >= 15 is 0 Å². The summed E-state index contributed by atoms with van der Waals surface area (Å²) in [4.78, 5) is 30.3. The summed E-state index contributed by atoms with van der Waals surface area (Å²) < 4.78 is 1.49. The fraction of sp³-hybridized carbons (Fsp3) is 0.692. The zero-order chi connectivity index (χ0) is 14.7. The molecule has 1 aromatic heterocycles. The molecule has 2 rings (SSSR count). The van der Waals surface area contributed by atoms with Crippen molar-refractivity contribution >= 4 is 11.8 Å². The van der Waals surface area contributed by atoms with Crippen LogP contribution in [0.5, 0.6) is 0 Å². The zero-order valence-electron chi connectivity index (χ0n) is 12.2. The van der Waals surface area contributed by atoms with Crippen molar-refractivity contribution in [2.45, 2.75) is 32.7 Å². The number of nitrogens with one attached hydrogen (secondary N) is 1. The Bertz CT molecular complexity index is 497. The molecule has 0 aromatic carbocycles. The number of carbonyl (C=O) groups is 2. The Kier molecular flexibility index (Phi) is 4.36. The summed E-state index contributed by atoms with van der Waals surface area (Å²) in [5.41, 5.74) is 0. The number of aromatic nitrogens is 3. The van der Waals surface area contributed by atoms with Crippen LogP contribution in [0.3, 0.4) is 0 Å². The van der Waals surface area contributed by atoms with E-state index in [-0.39, 0.29) is 17.6 Å². The molecular formula is C13H21N5O2. The van der Waals surface area contributed by atoms with Crippen LogP contribution < -0.4 is 5.32 Å². The van der Waals surface area contributed by atoms with Crippen molar-refractivity contribution in [1.82, 2.24) is 25.0 Å². The molecule has 1 aliphatic heterocycles. The van der Waals surface area contributed by atoms with Crippen molar-refractivity contribution < 1.29 is 9.59 Å². The van der Waals surface area contributed by atoms with Crippen molar-refractivity contribution in [1.29, 1.82) is 0 Å². The van der Waals surface area contributed by atoms with Gasteiger partial charge in [0.2, 0.25) is 11.7 Å². The fourth-order valence-corrected chi connectivity index (χ4v) is 2.37. The summed E-state index contributed by atoms with van der Waals surface area (Å²) in [5.74, 6) is 0.126. The molecule has 1 unspecified atom stereocenters. The van der Waals surface area contributed by atoms with Crippen molar-refractivity contribution in [3.05, 3.63) is 12.2 Å². The van der Waals surface area contributed by atoms with Crippen molar-refractivity contribution in [3.63, 3.8) is 0 Å². The van der Waals surface area contributed by atoms with Crippen molar-refractivity contribution in [2.75, 3.05) is 13.1 Å². The van der Waals surface area contributed by atoms with Crippen LogP contribution >= 0.6 is 0 Å². The van der Waals surface area contributed by atoms with Gasteiger partial charge in [0.15, 0.2) is 0 Å². The lowest BCUT2D eigenvalue weighted by Crippen LogP contribution is -2.48. The standard InChI is InChI=1S/C13H21N5O2/c1-9(2)7-10-12(19)14-5-4-6-18(10)13(20)11-15-8-17(3)16-11/h8-10H,4-7H2,1-3H3,(H,14,19). The third-order valence-corrected chi connectivity index (χ3v) is 3.30. The normalized spacial score (nSPS) is 19.9. The van der Waals surface area contributed by atoms with E-state index in [2.05, 4.69) is 15.4 Å². The lowest BCUT2D eigenvalue weighted by molar-refractivity contribution is -0.125. The first-order valence-corrected chi connectivity index (χ1v) is 6.93. The predicted octanol–water partition coefficient (Wildman–Crippen LogP) is 0.192. The summed E-state index contributed by atoms with van der Waals surface area (Å²) in [7, 11) is 1.71. The number of rotatable bonds is 3. The first-order valence-electron chi connectivity index (χ1n) is 6.93.